The van der Waals surface area contributed by atoms with Gasteiger partial charge in [0, 0.05) is 13.6 Å². The number of nitrogens with zero attached hydrogens (tertiary/aromatic N) is 1. The number of hydrogen-bond donors (Lipinski definition) is 2. The Bertz CT molecular complexity index is 455. The minimum absolute atomic E-state index is 0.132. The molecule has 17 heavy (non-hydrogen) atoms. The third-order valence-corrected chi connectivity index (χ3v) is 4.25. The van der Waals surface area contributed by atoms with E-state index in [0.29, 0.717) is 0 Å². The Morgan fingerprint density at radius 3 is 2.29 bits per heavy atom. The van der Waals surface area contributed by atoms with Crippen molar-refractivity contribution >= 4 is 10.0 Å². The molecule has 0 aliphatic carbocycles. The molecule has 1 aromatic carbocycles. The smallest absolute Gasteiger partial charge is 0.242 e. The van der Waals surface area contributed by atoms with Gasteiger partial charge in [0.15, 0.2) is 0 Å². The molecule has 6 heteroatoms. The van der Waals surface area contributed by atoms with Gasteiger partial charge in [0.1, 0.15) is 0 Å². The first kappa shape index (κ1) is 14.1. The minimum atomic E-state index is -3.60. The predicted octanol–water partition coefficient (Wildman–Crippen LogP) is -0.0313. The standard InChI is InChI=1S/C11H17NO4S/c1-9-3-5-11(6-4-9)17(15,16)12(2)7-10(14)8-13/h3-6,10,13-14H,7-8H2,1-2H3. The van der Waals surface area contributed by atoms with Crippen molar-refractivity contribution in [3.8, 4) is 0 Å². The normalized spacial score (nSPS) is 13.9. The second-order valence-corrected chi connectivity index (χ2v) is 5.98. The van der Waals surface area contributed by atoms with Crippen LogP contribution in [0.4, 0.5) is 0 Å². The topological polar surface area (TPSA) is 77.8 Å². The monoisotopic (exact) mass is 259 g/mol. The van der Waals surface area contributed by atoms with E-state index in [2.05, 4.69) is 0 Å². The van der Waals surface area contributed by atoms with E-state index in [1.54, 1.807) is 12.1 Å². The molecule has 2 N–H and O–H groups in total. The molecule has 0 heterocycles. The highest BCUT2D eigenvalue weighted by Crippen LogP contribution is 2.15. The lowest BCUT2D eigenvalue weighted by molar-refractivity contribution is 0.0826. The molecule has 0 saturated heterocycles. The van der Waals surface area contributed by atoms with Crippen molar-refractivity contribution in [2.24, 2.45) is 0 Å². The number of aryl methyl sites for hydroxylation is 1. The van der Waals surface area contributed by atoms with Gasteiger partial charge < -0.3 is 10.2 Å². The van der Waals surface area contributed by atoms with E-state index in [1.807, 2.05) is 6.92 Å². The van der Waals surface area contributed by atoms with Crippen molar-refractivity contribution in [3.63, 3.8) is 0 Å². The Morgan fingerprint density at radius 1 is 1.29 bits per heavy atom. The first-order valence-corrected chi connectivity index (χ1v) is 6.64. The summed E-state index contributed by atoms with van der Waals surface area (Å²) in [5, 5.41) is 17.9. The van der Waals surface area contributed by atoms with Crippen LogP contribution in [-0.2, 0) is 10.0 Å². The highest BCUT2D eigenvalue weighted by atomic mass is 32.2. The summed E-state index contributed by atoms with van der Waals surface area (Å²) in [7, 11) is -2.23. The van der Waals surface area contributed by atoms with E-state index < -0.39 is 22.7 Å². The van der Waals surface area contributed by atoms with E-state index in [-0.39, 0.29) is 11.4 Å². The van der Waals surface area contributed by atoms with Crippen molar-refractivity contribution in [1.82, 2.24) is 4.31 Å². The second-order valence-electron chi connectivity index (χ2n) is 3.93. The molecular formula is C11H17NO4S. The number of aliphatic hydroxyl groups excluding tert-OH is 2. The fourth-order valence-corrected chi connectivity index (χ4v) is 2.55. The van der Waals surface area contributed by atoms with Crippen LogP contribution < -0.4 is 0 Å². The van der Waals surface area contributed by atoms with Gasteiger partial charge in [-0.25, -0.2) is 8.42 Å². The molecule has 0 spiro atoms. The third-order valence-electron chi connectivity index (χ3n) is 2.41. The quantitative estimate of drug-likeness (QED) is 0.778. The van der Waals surface area contributed by atoms with Crippen molar-refractivity contribution in [3.05, 3.63) is 29.8 Å². The molecule has 96 valence electrons. The summed E-state index contributed by atoms with van der Waals surface area (Å²) in [5.74, 6) is 0. The Hall–Kier alpha value is -0.950. The summed E-state index contributed by atoms with van der Waals surface area (Å²) in [6.45, 7) is 1.27. The Kier molecular flexibility index (Phi) is 4.64. The number of sulfonamides is 1. The highest BCUT2D eigenvalue weighted by molar-refractivity contribution is 7.89. The van der Waals surface area contributed by atoms with Gasteiger partial charge in [-0.1, -0.05) is 17.7 Å². The summed E-state index contributed by atoms with van der Waals surface area (Å²) in [6, 6.07) is 6.46. The first-order valence-electron chi connectivity index (χ1n) is 5.20. The molecule has 5 nitrogen and oxygen atoms in total. The molecule has 1 unspecified atom stereocenters. The Labute approximate surface area is 101 Å². The molecule has 0 aromatic heterocycles. The molecule has 0 aliphatic rings. The maximum absolute atomic E-state index is 12.0. The fraction of sp³-hybridized carbons (Fsp3) is 0.455. The molecule has 1 rings (SSSR count). The number of aliphatic hydroxyl groups is 2. The van der Waals surface area contributed by atoms with Crippen molar-refractivity contribution in [2.75, 3.05) is 20.2 Å². The van der Waals surface area contributed by atoms with Gasteiger partial charge in [0.05, 0.1) is 17.6 Å². The minimum Gasteiger partial charge on any atom is -0.394 e. The summed E-state index contributed by atoms with van der Waals surface area (Å²) < 4.78 is 25.1. The van der Waals surface area contributed by atoms with E-state index in [4.69, 9.17) is 5.11 Å². The van der Waals surface area contributed by atoms with Gasteiger partial charge in [-0.2, -0.15) is 4.31 Å². The Balaban J connectivity index is 2.91. The lowest BCUT2D eigenvalue weighted by Crippen LogP contribution is -2.35. The summed E-state index contributed by atoms with van der Waals surface area (Å²) in [6.07, 6.45) is -1.07. The van der Waals surface area contributed by atoms with E-state index >= 15 is 0 Å². The first-order chi connectivity index (χ1) is 7.87. The second kappa shape index (κ2) is 5.59. The molecular weight excluding hydrogens is 242 g/mol. The van der Waals surface area contributed by atoms with Crippen molar-refractivity contribution in [2.45, 2.75) is 17.9 Å². The van der Waals surface area contributed by atoms with Gasteiger partial charge >= 0.3 is 0 Å². The molecule has 1 aromatic rings. The number of rotatable bonds is 5. The van der Waals surface area contributed by atoms with E-state index in [1.165, 1.54) is 19.2 Å². The predicted molar refractivity (Wildman–Crippen MR) is 64.1 cm³/mol. The average molecular weight is 259 g/mol. The maximum Gasteiger partial charge on any atom is 0.242 e. The lowest BCUT2D eigenvalue weighted by Gasteiger charge is -2.19. The summed E-state index contributed by atoms with van der Waals surface area (Å²) >= 11 is 0. The number of likely N-dealkylation sites (N-methyl/N-ethyl adjacent to an activating group) is 1. The maximum atomic E-state index is 12.0. The molecule has 0 aliphatic heterocycles. The zero-order valence-corrected chi connectivity index (χ0v) is 10.7. The van der Waals surface area contributed by atoms with Crippen LogP contribution in [0.2, 0.25) is 0 Å². The SMILES string of the molecule is Cc1ccc(S(=O)(=O)N(C)CC(O)CO)cc1. The summed E-state index contributed by atoms with van der Waals surface area (Å²) in [5.41, 5.74) is 0.974. The van der Waals surface area contributed by atoms with Crippen molar-refractivity contribution in [1.29, 1.82) is 0 Å². The van der Waals surface area contributed by atoms with Gasteiger partial charge in [-0.3, -0.25) is 0 Å². The van der Waals surface area contributed by atoms with E-state index in [9.17, 15) is 13.5 Å². The Morgan fingerprint density at radius 2 is 1.82 bits per heavy atom. The van der Waals surface area contributed by atoms with Crippen LogP contribution in [0.25, 0.3) is 0 Å². The zero-order valence-electron chi connectivity index (χ0n) is 9.87. The average Bonchev–Trinajstić information content (AvgIpc) is 2.29. The largest absolute Gasteiger partial charge is 0.394 e. The van der Waals surface area contributed by atoms with Gasteiger partial charge in [-0.15, -0.1) is 0 Å². The van der Waals surface area contributed by atoms with Crippen LogP contribution >= 0.6 is 0 Å². The van der Waals surface area contributed by atoms with Crippen LogP contribution in [0, 0.1) is 6.92 Å². The van der Waals surface area contributed by atoms with Crippen molar-refractivity contribution < 1.29 is 18.6 Å². The van der Waals surface area contributed by atoms with Crippen LogP contribution in [0.1, 0.15) is 5.56 Å². The molecule has 0 bridgehead atoms. The molecule has 1 atom stereocenters. The number of hydrogen-bond acceptors (Lipinski definition) is 4. The molecule has 0 saturated carbocycles. The molecule has 0 radical (unpaired) electrons. The van der Waals surface area contributed by atoms with Gasteiger partial charge in [0.2, 0.25) is 10.0 Å². The summed E-state index contributed by atoms with van der Waals surface area (Å²) in [4.78, 5) is 0.177. The van der Waals surface area contributed by atoms with Crippen LogP contribution in [0.15, 0.2) is 29.2 Å². The fourth-order valence-electron chi connectivity index (χ4n) is 1.34. The lowest BCUT2D eigenvalue weighted by atomic mass is 10.2. The molecule has 0 fully saturated rings. The van der Waals surface area contributed by atoms with Gasteiger partial charge in [-0.05, 0) is 19.1 Å². The van der Waals surface area contributed by atoms with Crippen LogP contribution in [0.5, 0.6) is 0 Å². The third kappa shape index (κ3) is 3.50. The molecule has 0 amide bonds. The highest BCUT2D eigenvalue weighted by Gasteiger charge is 2.22. The van der Waals surface area contributed by atoms with Gasteiger partial charge in [0.25, 0.3) is 0 Å². The van der Waals surface area contributed by atoms with Crippen LogP contribution in [-0.4, -0.2) is 49.2 Å². The number of benzene rings is 1. The van der Waals surface area contributed by atoms with Crippen LogP contribution in [0.3, 0.4) is 0 Å². The zero-order chi connectivity index (χ0) is 13.1. The van der Waals surface area contributed by atoms with E-state index in [0.717, 1.165) is 9.87 Å².